The highest BCUT2D eigenvalue weighted by molar-refractivity contribution is 5.93. The van der Waals surface area contributed by atoms with Gasteiger partial charge < -0.3 is 9.69 Å². The van der Waals surface area contributed by atoms with Crippen LogP contribution in [0.2, 0.25) is 0 Å². The highest BCUT2D eigenvalue weighted by atomic mass is 16.2. The van der Waals surface area contributed by atoms with E-state index in [4.69, 9.17) is 0 Å². The van der Waals surface area contributed by atoms with Crippen molar-refractivity contribution < 1.29 is 9.59 Å². The number of carbonyl (C=O) groups excluding carboxylic acids is 2. The Hall–Kier alpha value is -2.75. The number of benzene rings is 1. The zero-order chi connectivity index (χ0) is 15.8. The molecule has 22 heavy (non-hydrogen) atoms. The maximum atomic E-state index is 12.4. The molecule has 1 aromatic heterocycles. The van der Waals surface area contributed by atoms with Crippen molar-refractivity contribution in [1.29, 1.82) is 0 Å². The first-order chi connectivity index (χ1) is 10.7. The van der Waals surface area contributed by atoms with Crippen molar-refractivity contribution in [3.8, 4) is 0 Å². The third kappa shape index (κ3) is 4.12. The van der Waals surface area contributed by atoms with Gasteiger partial charge in [-0.2, -0.15) is 0 Å². The van der Waals surface area contributed by atoms with Gasteiger partial charge in [0.25, 0.3) is 0 Å². The Labute approximate surface area is 130 Å². The van der Waals surface area contributed by atoms with E-state index >= 15 is 0 Å². The second-order valence-electron chi connectivity index (χ2n) is 4.83. The Kier molecular flexibility index (Phi) is 5.60. The van der Waals surface area contributed by atoms with Gasteiger partial charge in [-0.15, -0.1) is 0 Å². The molecule has 4 heteroatoms. The van der Waals surface area contributed by atoms with Crippen LogP contribution in [0.4, 0.5) is 0 Å². The van der Waals surface area contributed by atoms with Crippen molar-refractivity contribution in [3.63, 3.8) is 0 Å². The number of pyridine rings is 1. The minimum atomic E-state index is -0.265. The molecular weight excluding hydrogens is 276 g/mol. The fourth-order valence-corrected chi connectivity index (χ4v) is 2.13. The van der Waals surface area contributed by atoms with E-state index in [-0.39, 0.29) is 18.5 Å². The van der Waals surface area contributed by atoms with Crippen LogP contribution < -0.4 is 0 Å². The molecule has 2 aromatic rings. The molecule has 0 saturated heterocycles. The van der Waals surface area contributed by atoms with E-state index in [1.165, 1.54) is 11.0 Å². The Morgan fingerprint density at radius 1 is 1.18 bits per heavy atom. The molecule has 1 aromatic carbocycles. The van der Waals surface area contributed by atoms with Crippen molar-refractivity contribution in [2.75, 3.05) is 6.54 Å². The molecule has 1 heterocycles. The Bertz CT molecular complexity index is 639. The summed E-state index contributed by atoms with van der Waals surface area (Å²) in [7, 11) is 0. The van der Waals surface area contributed by atoms with Crippen LogP contribution in [0.15, 0.2) is 60.8 Å². The van der Waals surface area contributed by atoms with Crippen LogP contribution in [-0.4, -0.2) is 28.6 Å². The predicted octanol–water partition coefficient (Wildman–Crippen LogP) is 2.88. The smallest absolute Gasteiger partial charge is 0.247 e. The quantitative estimate of drug-likeness (QED) is 0.608. The highest BCUT2D eigenvalue weighted by Gasteiger charge is 2.19. The first kappa shape index (κ1) is 15.6. The Morgan fingerprint density at radius 2 is 1.91 bits per heavy atom. The fraction of sp³-hybridized carbons (Fsp3) is 0.167. The van der Waals surface area contributed by atoms with Crippen LogP contribution in [-0.2, 0) is 9.59 Å². The molecule has 0 aliphatic carbocycles. The van der Waals surface area contributed by atoms with Gasteiger partial charge in [0.2, 0.25) is 5.91 Å². The molecule has 0 bridgehead atoms. The van der Waals surface area contributed by atoms with E-state index in [9.17, 15) is 9.59 Å². The lowest BCUT2D eigenvalue weighted by Gasteiger charge is -2.25. The topological polar surface area (TPSA) is 50.3 Å². The molecule has 0 N–H and O–H groups in total. The van der Waals surface area contributed by atoms with Crippen LogP contribution in [0, 0.1) is 0 Å². The predicted molar refractivity (Wildman–Crippen MR) is 85.9 cm³/mol. The first-order valence-corrected chi connectivity index (χ1v) is 7.10. The lowest BCUT2D eigenvalue weighted by atomic mass is 10.1. The van der Waals surface area contributed by atoms with Crippen molar-refractivity contribution in [3.05, 3.63) is 72.1 Å². The summed E-state index contributed by atoms with van der Waals surface area (Å²) in [6.07, 6.45) is 5.63. The van der Waals surface area contributed by atoms with Gasteiger partial charge in [0.15, 0.2) is 0 Å². The van der Waals surface area contributed by atoms with E-state index in [0.717, 1.165) is 17.5 Å². The van der Waals surface area contributed by atoms with Crippen LogP contribution in [0.25, 0.3) is 6.08 Å². The van der Waals surface area contributed by atoms with Crippen molar-refractivity contribution in [1.82, 2.24) is 9.88 Å². The molecule has 112 valence electrons. The number of nitrogens with zero attached hydrogens (tertiary/aromatic N) is 2. The molecule has 0 saturated carbocycles. The summed E-state index contributed by atoms with van der Waals surface area (Å²) in [5.41, 5.74) is 1.69. The second kappa shape index (κ2) is 7.88. The summed E-state index contributed by atoms with van der Waals surface area (Å²) in [5.74, 6) is -0.214. The van der Waals surface area contributed by atoms with Gasteiger partial charge >= 0.3 is 0 Å². The Balaban J connectivity index is 2.15. The lowest BCUT2D eigenvalue weighted by molar-refractivity contribution is -0.130. The van der Waals surface area contributed by atoms with Crippen LogP contribution in [0.5, 0.6) is 0 Å². The summed E-state index contributed by atoms with van der Waals surface area (Å²) in [6, 6.07) is 14.8. The van der Waals surface area contributed by atoms with Gasteiger partial charge in [-0.1, -0.05) is 36.4 Å². The zero-order valence-corrected chi connectivity index (χ0v) is 12.4. The molecular formula is C18H18N2O2. The third-order valence-corrected chi connectivity index (χ3v) is 3.36. The number of hydrogen-bond acceptors (Lipinski definition) is 3. The monoisotopic (exact) mass is 294 g/mol. The average molecular weight is 294 g/mol. The molecule has 0 spiro atoms. The summed E-state index contributed by atoms with van der Waals surface area (Å²) < 4.78 is 0. The van der Waals surface area contributed by atoms with Crippen LogP contribution >= 0.6 is 0 Å². The maximum Gasteiger partial charge on any atom is 0.247 e. The van der Waals surface area contributed by atoms with Gasteiger partial charge in [0, 0.05) is 12.3 Å². The van der Waals surface area contributed by atoms with Crippen molar-refractivity contribution in [2.24, 2.45) is 0 Å². The summed E-state index contributed by atoms with van der Waals surface area (Å²) in [6.45, 7) is 1.90. The van der Waals surface area contributed by atoms with Crippen LogP contribution in [0.1, 0.15) is 24.2 Å². The molecule has 0 fully saturated rings. The first-order valence-electron chi connectivity index (χ1n) is 7.10. The average Bonchev–Trinajstić information content (AvgIpc) is 2.58. The van der Waals surface area contributed by atoms with Crippen molar-refractivity contribution in [2.45, 2.75) is 13.0 Å². The lowest BCUT2D eigenvalue weighted by Crippen LogP contribution is -2.34. The minimum Gasteiger partial charge on any atom is -0.324 e. The van der Waals surface area contributed by atoms with Gasteiger partial charge in [-0.25, -0.2) is 0 Å². The normalized spacial score (nSPS) is 12.0. The number of rotatable bonds is 6. The molecule has 1 atom stereocenters. The Morgan fingerprint density at radius 3 is 2.55 bits per heavy atom. The number of amides is 1. The summed E-state index contributed by atoms with van der Waals surface area (Å²) >= 11 is 0. The highest BCUT2D eigenvalue weighted by Crippen LogP contribution is 2.18. The minimum absolute atomic E-state index is 0.0374. The molecule has 4 nitrogen and oxygen atoms in total. The molecule has 0 radical (unpaired) electrons. The van der Waals surface area contributed by atoms with Crippen molar-refractivity contribution >= 4 is 18.3 Å². The van der Waals surface area contributed by atoms with Gasteiger partial charge in [0.1, 0.15) is 6.29 Å². The fourth-order valence-electron chi connectivity index (χ4n) is 2.13. The second-order valence-corrected chi connectivity index (χ2v) is 4.83. The zero-order valence-electron chi connectivity index (χ0n) is 12.4. The maximum absolute atomic E-state index is 12.4. The van der Waals surface area contributed by atoms with E-state index in [1.54, 1.807) is 12.3 Å². The largest absolute Gasteiger partial charge is 0.324 e. The molecule has 1 amide bonds. The SMILES string of the molecule is CC(c1ccccn1)N(CC=O)C(=O)/C=C/c1ccccc1. The van der Waals surface area contributed by atoms with Gasteiger partial charge in [0.05, 0.1) is 18.3 Å². The third-order valence-electron chi connectivity index (χ3n) is 3.36. The van der Waals surface area contributed by atoms with E-state index < -0.39 is 0 Å². The summed E-state index contributed by atoms with van der Waals surface area (Å²) in [5, 5.41) is 0. The summed E-state index contributed by atoms with van der Waals surface area (Å²) in [4.78, 5) is 29.0. The van der Waals surface area contributed by atoms with E-state index in [0.29, 0.717) is 0 Å². The molecule has 0 aliphatic rings. The van der Waals surface area contributed by atoms with Crippen LogP contribution in [0.3, 0.4) is 0 Å². The number of carbonyl (C=O) groups is 2. The van der Waals surface area contributed by atoms with E-state index in [1.807, 2.05) is 55.5 Å². The van der Waals surface area contributed by atoms with Gasteiger partial charge in [-0.05, 0) is 30.7 Å². The number of aldehydes is 1. The molecule has 2 rings (SSSR count). The standard InChI is InChI=1S/C18H18N2O2/c1-15(17-9-5-6-12-19-17)20(13-14-21)18(22)11-10-16-7-3-2-4-8-16/h2-12,14-15H,13H2,1H3/b11-10+. The van der Waals surface area contributed by atoms with E-state index in [2.05, 4.69) is 4.98 Å². The number of hydrogen-bond donors (Lipinski definition) is 0. The molecule has 0 aliphatic heterocycles. The molecule has 1 unspecified atom stereocenters. The number of aromatic nitrogens is 1. The van der Waals surface area contributed by atoms with Gasteiger partial charge in [-0.3, -0.25) is 9.78 Å².